The number of nitrogens with zero attached hydrogens (tertiary/aromatic N) is 5. The van der Waals surface area contributed by atoms with Crippen LogP contribution in [-0.2, 0) is 11.3 Å². The first kappa shape index (κ1) is 17.6. The molecule has 0 aliphatic carbocycles. The minimum atomic E-state index is -0.456. The molecule has 0 saturated heterocycles. The Labute approximate surface area is 161 Å². The van der Waals surface area contributed by atoms with Crippen LogP contribution in [-0.4, -0.2) is 30.6 Å². The molecule has 4 rings (SSSR count). The fourth-order valence-electron chi connectivity index (χ4n) is 2.94. The van der Waals surface area contributed by atoms with Gasteiger partial charge in [0.1, 0.15) is 17.6 Å². The standard InChI is InChI=1S/C20H19N7O/c1-12-9-23-17(14-5-3-4-13(2)24-14)8-16(12)25-15-6-7-22-18-10-27(11-19(21)28)26-20(15)18/h3-10H,11H2,1-2H3,(H2,21,28)(H,23,25). The molecule has 0 atom stereocenters. The normalized spacial score (nSPS) is 10.9. The smallest absolute Gasteiger partial charge is 0.239 e. The first-order chi connectivity index (χ1) is 13.5. The first-order valence-electron chi connectivity index (χ1n) is 8.78. The van der Waals surface area contributed by atoms with Crippen molar-refractivity contribution in [3.05, 3.63) is 60.2 Å². The Bertz CT molecular complexity index is 1180. The molecule has 0 fully saturated rings. The zero-order valence-corrected chi connectivity index (χ0v) is 15.5. The largest absolute Gasteiger partial charge is 0.368 e. The summed E-state index contributed by atoms with van der Waals surface area (Å²) < 4.78 is 1.49. The molecule has 0 saturated carbocycles. The second kappa shape index (κ2) is 7.07. The topological polar surface area (TPSA) is 112 Å². The number of pyridine rings is 3. The van der Waals surface area contributed by atoms with Crippen molar-refractivity contribution in [3.63, 3.8) is 0 Å². The van der Waals surface area contributed by atoms with E-state index >= 15 is 0 Å². The van der Waals surface area contributed by atoms with Crippen LogP contribution in [0.25, 0.3) is 22.4 Å². The van der Waals surface area contributed by atoms with Gasteiger partial charge in [-0.15, -0.1) is 0 Å². The van der Waals surface area contributed by atoms with E-state index in [1.807, 2.05) is 50.4 Å². The Hall–Kier alpha value is -3.81. The molecule has 0 bridgehead atoms. The quantitative estimate of drug-likeness (QED) is 0.556. The summed E-state index contributed by atoms with van der Waals surface area (Å²) in [5.74, 6) is -0.456. The summed E-state index contributed by atoms with van der Waals surface area (Å²) in [6.45, 7) is 3.94. The van der Waals surface area contributed by atoms with Gasteiger partial charge in [-0.2, -0.15) is 5.10 Å². The SMILES string of the molecule is Cc1cccc(-c2cc(Nc3ccnc4cn(CC(N)=O)nc34)c(C)cn2)n1. The molecule has 0 aromatic carbocycles. The second-order valence-electron chi connectivity index (χ2n) is 6.56. The number of aryl methyl sites for hydroxylation is 2. The molecule has 0 spiro atoms. The predicted molar refractivity (Wildman–Crippen MR) is 107 cm³/mol. The van der Waals surface area contributed by atoms with E-state index in [0.717, 1.165) is 34.0 Å². The molecular weight excluding hydrogens is 354 g/mol. The van der Waals surface area contributed by atoms with E-state index in [2.05, 4.69) is 25.4 Å². The molecule has 0 radical (unpaired) electrons. The number of nitrogens with one attached hydrogen (secondary N) is 1. The van der Waals surface area contributed by atoms with E-state index in [4.69, 9.17) is 5.73 Å². The van der Waals surface area contributed by atoms with Crippen LogP contribution < -0.4 is 11.1 Å². The molecule has 1 amide bonds. The Morgan fingerprint density at radius 1 is 1.14 bits per heavy atom. The molecule has 0 aliphatic rings. The van der Waals surface area contributed by atoms with Gasteiger partial charge in [0.2, 0.25) is 5.91 Å². The van der Waals surface area contributed by atoms with Crippen molar-refractivity contribution in [2.45, 2.75) is 20.4 Å². The Morgan fingerprint density at radius 2 is 2.00 bits per heavy atom. The average molecular weight is 373 g/mol. The first-order valence-corrected chi connectivity index (χ1v) is 8.78. The Kier molecular flexibility index (Phi) is 4.44. The van der Waals surface area contributed by atoms with Gasteiger partial charge in [-0.25, -0.2) is 0 Å². The number of amides is 1. The number of anilines is 2. The van der Waals surface area contributed by atoms with Crippen molar-refractivity contribution in [2.75, 3.05) is 5.32 Å². The van der Waals surface area contributed by atoms with Crippen molar-refractivity contribution in [2.24, 2.45) is 5.73 Å². The molecule has 4 heterocycles. The highest BCUT2D eigenvalue weighted by atomic mass is 16.1. The van der Waals surface area contributed by atoms with E-state index < -0.39 is 5.91 Å². The van der Waals surface area contributed by atoms with Crippen LogP contribution in [0.4, 0.5) is 11.4 Å². The third-order valence-electron chi connectivity index (χ3n) is 4.29. The van der Waals surface area contributed by atoms with E-state index in [0.29, 0.717) is 11.0 Å². The van der Waals surface area contributed by atoms with Crippen LogP contribution in [0.3, 0.4) is 0 Å². The van der Waals surface area contributed by atoms with Gasteiger partial charge in [0, 0.05) is 23.8 Å². The van der Waals surface area contributed by atoms with Crippen LogP contribution in [0.5, 0.6) is 0 Å². The highest BCUT2D eigenvalue weighted by molar-refractivity contribution is 5.90. The lowest BCUT2D eigenvalue weighted by molar-refractivity contribution is -0.118. The number of aromatic nitrogens is 5. The molecule has 4 aromatic rings. The molecule has 0 aliphatic heterocycles. The summed E-state index contributed by atoms with van der Waals surface area (Å²) in [4.78, 5) is 24.5. The van der Waals surface area contributed by atoms with Crippen LogP contribution in [0.2, 0.25) is 0 Å². The maximum Gasteiger partial charge on any atom is 0.239 e. The van der Waals surface area contributed by atoms with Crippen molar-refractivity contribution < 1.29 is 4.79 Å². The maximum atomic E-state index is 11.2. The molecular formula is C20H19N7O. The highest BCUT2D eigenvalue weighted by Gasteiger charge is 2.11. The van der Waals surface area contributed by atoms with E-state index in [1.165, 1.54) is 4.68 Å². The monoisotopic (exact) mass is 373 g/mol. The van der Waals surface area contributed by atoms with E-state index in [9.17, 15) is 4.79 Å². The van der Waals surface area contributed by atoms with Crippen molar-refractivity contribution in [1.29, 1.82) is 0 Å². The third kappa shape index (κ3) is 3.52. The lowest BCUT2D eigenvalue weighted by atomic mass is 10.1. The number of hydrogen-bond donors (Lipinski definition) is 2. The third-order valence-corrected chi connectivity index (χ3v) is 4.29. The minimum Gasteiger partial charge on any atom is -0.368 e. The summed E-state index contributed by atoms with van der Waals surface area (Å²) in [5.41, 5.74) is 11.8. The summed E-state index contributed by atoms with van der Waals surface area (Å²) in [7, 11) is 0. The van der Waals surface area contributed by atoms with Gasteiger partial charge in [-0.3, -0.25) is 24.4 Å². The van der Waals surface area contributed by atoms with Gasteiger partial charge < -0.3 is 11.1 Å². The van der Waals surface area contributed by atoms with Crippen molar-refractivity contribution >= 4 is 28.3 Å². The fraction of sp³-hybridized carbons (Fsp3) is 0.150. The van der Waals surface area contributed by atoms with Gasteiger partial charge in [-0.1, -0.05) is 6.07 Å². The number of hydrogen-bond acceptors (Lipinski definition) is 6. The minimum absolute atomic E-state index is 0.00720. The zero-order valence-electron chi connectivity index (χ0n) is 15.5. The van der Waals surface area contributed by atoms with Crippen molar-refractivity contribution in [1.82, 2.24) is 24.7 Å². The second-order valence-corrected chi connectivity index (χ2v) is 6.56. The molecule has 8 nitrogen and oxygen atoms in total. The number of rotatable bonds is 5. The summed E-state index contributed by atoms with van der Waals surface area (Å²) in [6.07, 6.45) is 5.21. The number of nitrogens with two attached hydrogens (primary N) is 1. The number of primary amides is 1. The molecule has 140 valence electrons. The van der Waals surface area contributed by atoms with E-state index in [1.54, 1.807) is 12.4 Å². The zero-order chi connectivity index (χ0) is 19.7. The van der Waals surface area contributed by atoms with Crippen molar-refractivity contribution in [3.8, 4) is 11.4 Å². The molecule has 28 heavy (non-hydrogen) atoms. The van der Waals surface area contributed by atoms with Crippen LogP contribution >= 0.6 is 0 Å². The number of carbonyl (C=O) groups excluding carboxylic acids is 1. The van der Waals surface area contributed by atoms with E-state index in [-0.39, 0.29) is 6.54 Å². The number of fused-ring (bicyclic) bond motifs is 1. The van der Waals surface area contributed by atoms with Gasteiger partial charge in [-0.05, 0) is 43.7 Å². The average Bonchev–Trinajstić information content (AvgIpc) is 3.06. The molecule has 4 aromatic heterocycles. The summed E-state index contributed by atoms with van der Waals surface area (Å²) >= 11 is 0. The van der Waals surface area contributed by atoms with Gasteiger partial charge in [0.15, 0.2) is 0 Å². The van der Waals surface area contributed by atoms with Gasteiger partial charge >= 0.3 is 0 Å². The van der Waals surface area contributed by atoms with Gasteiger partial charge in [0.25, 0.3) is 0 Å². The maximum absolute atomic E-state index is 11.2. The Morgan fingerprint density at radius 3 is 2.79 bits per heavy atom. The highest BCUT2D eigenvalue weighted by Crippen LogP contribution is 2.28. The summed E-state index contributed by atoms with van der Waals surface area (Å²) in [6, 6.07) is 9.65. The summed E-state index contributed by atoms with van der Waals surface area (Å²) in [5, 5.41) is 7.84. The van der Waals surface area contributed by atoms with Crippen LogP contribution in [0, 0.1) is 13.8 Å². The lowest BCUT2D eigenvalue weighted by Gasteiger charge is -2.11. The lowest BCUT2D eigenvalue weighted by Crippen LogP contribution is -2.18. The number of carbonyl (C=O) groups is 1. The van der Waals surface area contributed by atoms with Gasteiger partial charge in [0.05, 0.1) is 23.3 Å². The Balaban J connectivity index is 1.72. The molecule has 3 N–H and O–H groups in total. The van der Waals surface area contributed by atoms with Crippen LogP contribution in [0.15, 0.2) is 48.9 Å². The van der Waals surface area contributed by atoms with Crippen LogP contribution in [0.1, 0.15) is 11.3 Å². The molecule has 0 unspecified atom stereocenters. The predicted octanol–water partition coefficient (Wildman–Crippen LogP) is 2.73. The molecule has 8 heteroatoms. The fourth-order valence-corrected chi connectivity index (χ4v) is 2.94.